The molecule has 0 aliphatic carbocycles. The predicted octanol–water partition coefficient (Wildman–Crippen LogP) is 4.28. The normalized spacial score (nSPS) is 16.5. The first-order chi connectivity index (χ1) is 15.5. The molecule has 4 rings (SSSR count). The molecular weight excluding hydrogens is 407 g/mol. The second kappa shape index (κ2) is 10.1. The number of carbonyl (C=O) groups excluding carboxylic acids is 1. The van der Waals surface area contributed by atoms with E-state index < -0.39 is 0 Å². The molecule has 1 aliphatic rings. The second-order valence-corrected chi connectivity index (χ2v) is 8.16. The number of hydrogen-bond acceptors (Lipinski definition) is 4. The van der Waals surface area contributed by atoms with Gasteiger partial charge in [-0.05, 0) is 53.1 Å². The summed E-state index contributed by atoms with van der Waals surface area (Å²) < 4.78 is 24.2. The van der Waals surface area contributed by atoms with Crippen molar-refractivity contribution in [3.8, 4) is 5.75 Å². The molecule has 6 heteroatoms. The molecule has 0 aromatic heterocycles. The lowest BCUT2D eigenvalue weighted by Crippen LogP contribution is -2.44. The van der Waals surface area contributed by atoms with Gasteiger partial charge in [0, 0.05) is 19.6 Å². The number of morpholine rings is 1. The fourth-order valence-corrected chi connectivity index (χ4v) is 4.17. The zero-order valence-corrected chi connectivity index (χ0v) is 18.5. The van der Waals surface area contributed by atoms with Gasteiger partial charge in [0.15, 0.2) is 0 Å². The Morgan fingerprint density at radius 3 is 2.41 bits per heavy atom. The van der Waals surface area contributed by atoms with Crippen LogP contribution in [0.3, 0.4) is 0 Å². The van der Waals surface area contributed by atoms with Crippen LogP contribution in [0, 0.1) is 5.82 Å². The van der Waals surface area contributed by atoms with Crippen LogP contribution in [-0.4, -0.2) is 50.8 Å². The van der Waals surface area contributed by atoms with E-state index in [4.69, 9.17) is 9.47 Å². The topological polar surface area (TPSA) is 50.8 Å². The molecule has 5 nitrogen and oxygen atoms in total. The van der Waals surface area contributed by atoms with Crippen molar-refractivity contribution in [2.75, 3.05) is 40.0 Å². The Hall–Kier alpha value is -2.96. The minimum absolute atomic E-state index is 0.0280. The number of fused-ring (bicyclic) bond motifs is 1. The Labute approximate surface area is 188 Å². The fraction of sp³-hybridized carbons (Fsp3) is 0.346. The number of carbonyl (C=O) groups is 1. The first-order valence-electron chi connectivity index (χ1n) is 11.0. The Balaban J connectivity index is 1.47. The highest BCUT2D eigenvalue weighted by atomic mass is 19.1. The third kappa shape index (κ3) is 5.09. The summed E-state index contributed by atoms with van der Waals surface area (Å²) in [7, 11) is 1.65. The standard InChI is InChI=1S/C26H29FN2O3/c1-18(20-3-4-22-16-24(31-2)10-7-21(22)15-20)26(30)28-17-25(29-11-13-32-14-12-29)19-5-8-23(27)9-6-19/h3-10,15-16,18,25H,11-14,17H2,1-2H3,(H,28,30)/t18-,25+/m1/s1. The van der Waals surface area contributed by atoms with Crippen molar-refractivity contribution in [2.45, 2.75) is 18.9 Å². The van der Waals surface area contributed by atoms with Gasteiger partial charge in [-0.1, -0.05) is 36.4 Å². The molecule has 0 bridgehead atoms. The second-order valence-electron chi connectivity index (χ2n) is 8.16. The minimum atomic E-state index is -0.292. The lowest BCUT2D eigenvalue weighted by Gasteiger charge is -2.35. The van der Waals surface area contributed by atoms with Crippen molar-refractivity contribution in [1.82, 2.24) is 10.2 Å². The SMILES string of the molecule is COc1ccc2cc([C@@H](C)C(=O)NC[C@@H](c3ccc(F)cc3)N3CCOCC3)ccc2c1. The summed E-state index contributed by atoms with van der Waals surface area (Å²) >= 11 is 0. The fourth-order valence-electron chi connectivity index (χ4n) is 4.17. The minimum Gasteiger partial charge on any atom is -0.497 e. The highest BCUT2D eigenvalue weighted by Gasteiger charge is 2.24. The molecule has 1 heterocycles. The Bertz CT molecular complexity index is 1060. The van der Waals surface area contributed by atoms with E-state index in [1.165, 1.54) is 12.1 Å². The van der Waals surface area contributed by atoms with E-state index in [0.29, 0.717) is 19.8 Å². The Morgan fingerprint density at radius 2 is 1.69 bits per heavy atom. The Kier molecular flexibility index (Phi) is 7.02. The average Bonchev–Trinajstić information content (AvgIpc) is 2.84. The molecule has 1 N–H and O–H groups in total. The summed E-state index contributed by atoms with van der Waals surface area (Å²) in [6.07, 6.45) is 0. The van der Waals surface area contributed by atoms with Crippen LogP contribution in [0.2, 0.25) is 0 Å². The van der Waals surface area contributed by atoms with Gasteiger partial charge in [0.25, 0.3) is 0 Å². The number of methoxy groups -OCH3 is 1. The van der Waals surface area contributed by atoms with E-state index in [2.05, 4.69) is 16.3 Å². The smallest absolute Gasteiger partial charge is 0.227 e. The monoisotopic (exact) mass is 436 g/mol. The molecule has 3 aromatic rings. The molecule has 32 heavy (non-hydrogen) atoms. The van der Waals surface area contributed by atoms with Gasteiger partial charge in [-0.15, -0.1) is 0 Å². The third-order valence-corrected chi connectivity index (χ3v) is 6.18. The molecule has 168 valence electrons. The highest BCUT2D eigenvalue weighted by molar-refractivity contribution is 5.88. The molecule has 1 amide bonds. The molecule has 1 aliphatic heterocycles. The first-order valence-corrected chi connectivity index (χ1v) is 11.0. The lowest BCUT2D eigenvalue weighted by atomic mass is 9.96. The number of nitrogens with zero attached hydrogens (tertiary/aromatic N) is 1. The molecule has 2 atom stereocenters. The van der Waals surface area contributed by atoms with E-state index in [-0.39, 0.29) is 23.7 Å². The summed E-state index contributed by atoms with van der Waals surface area (Å²) in [6.45, 7) is 5.25. The summed E-state index contributed by atoms with van der Waals surface area (Å²) in [5.41, 5.74) is 1.95. The van der Waals surface area contributed by atoms with Gasteiger partial charge in [-0.25, -0.2) is 4.39 Å². The van der Waals surface area contributed by atoms with E-state index in [0.717, 1.165) is 40.7 Å². The van der Waals surface area contributed by atoms with Gasteiger partial charge in [0.2, 0.25) is 5.91 Å². The first kappa shape index (κ1) is 22.2. The van der Waals surface area contributed by atoms with Crippen molar-refractivity contribution in [3.63, 3.8) is 0 Å². The number of halogens is 1. The maximum absolute atomic E-state index is 13.4. The van der Waals surface area contributed by atoms with Crippen LogP contribution in [0.4, 0.5) is 4.39 Å². The van der Waals surface area contributed by atoms with E-state index >= 15 is 0 Å². The van der Waals surface area contributed by atoms with Gasteiger partial charge < -0.3 is 14.8 Å². The van der Waals surface area contributed by atoms with Gasteiger partial charge in [0.1, 0.15) is 11.6 Å². The number of rotatable bonds is 7. The summed E-state index contributed by atoms with van der Waals surface area (Å²) in [6, 6.07) is 18.5. The number of benzene rings is 3. The predicted molar refractivity (Wildman–Crippen MR) is 123 cm³/mol. The van der Waals surface area contributed by atoms with Crippen molar-refractivity contribution < 1.29 is 18.7 Å². The van der Waals surface area contributed by atoms with E-state index in [9.17, 15) is 9.18 Å². The number of ether oxygens (including phenoxy) is 2. The molecule has 0 unspecified atom stereocenters. The third-order valence-electron chi connectivity index (χ3n) is 6.18. The molecule has 1 saturated heterocycles. The van der Waals surface area contributed by atoms with Crippen LogP contribution in [0.1, 0.15) is 30.0 Å². The Morgan fingerprint density at radius 1 is 1.03 bits per heavy atom. The van der Waals surface area contributed by atoms with Gasteiger partial charge >= 0.3 is 0 Å². The summed E-state index contributed by atoms with van der Waals surface area (Å²) in [5.74, 6) is 0.227. The van der Waals surface area contributed by atoms with Crippen LogP contribution in [0.5, 0.6) is 5.75 Å². The number of hydrogen-bond donors (Lipinski definition) is 1. The van der Waals surface area contributed by atoms with E-state index in [1.54, 1.807) is 19.2 Å². The molecule has 3 aromatic carbocycles. The van der Waals surface area contributed by atoms with Crippen molar-refractivity contribution >= 4 is 16.7 Å². The van der Waals surface area contributed by atoms with Crippen molar-refractivity contribution in [2.24, 2.45) is 0 Å². The number of nitrogens with one attached hydrogen (secondary N) is 1. The summed E-state index contributed by atoms with van der Waals surface area (Å²) in [5, 5.41) is 5.27. The van der Waals surface area contributed by atoms with Crippen LogP contribution in [-0.2, 0) is 9.53 Å². The van der Waals surface area contributed by atoms with Gasteiger partial charge in [-0.2, -0.15) is 0 Å². The summed E-state index contributed by atoms with van der Waals surface area (Å²) in [4.78, 5) is 15.3. The van der Waals surface area contributed by atoms with Crippen LogP contribution < -0.4 is 10.1 Å². The zero-order valence-electron chi connectivity index (χ0n) is 18.5. The molecule has 0 spiro atoms. The van der Waals surface area contributed by atoms with Crippen LogP contribution in [0.15, 0.2) is 60.7 Å². The lowest BCUT2D eigenvalue weighted by molar-refractivity contribution is -0.122. The van der Waals surface area contributed by atoms with Gasteiger partial charge in [0.05, 0.1) is 32.3 Å². The average molecular weight is 437 g/mol. The van der Waals surface area contributed by atoms with Crippen molar-refractivity contribution in [3.05, 3.63) is 77.6 Å². The van der Waals surface area contributed by atoms with Crippen LogP contribution in [0.25, 0.3) is 10.8 Å². The molecule has 0 saturated carbocycles. The van der Waals surface area contributed by atoms with Crippen molar-refractivity contribution in [1.29, 1.82) is 0 Å². The largest absolute Gasteiger partial charge is 0.497 e. The zero-order chi connectivity index (χ0) is 22.5. The van der Waals surface area contributed by atoms with E-state index in [1.807, 2.05) is 37.3 Å². The number of amides is 1. The molecule has 0 radical (unpaired) electrons. The van der Waals surface area contributed by atoms with Crippen LogP contribution >= 0.6 is 0 Å². The molecule has 1 fully saturated rings. The molecular formula is C26H29FN2O3. The maximum Gasteiger partial charge on any atom is 0.227 e. The quantitative estimate of drug-likeness (QED) is 0.601. The highest BCUT2D eigenvalue weighted by Crippen LogP contribution is 2.26. The van der Waals surface area contributed by atoms with Gasteiger partial charge in [-0.3, -0.25) is 9.69 Å². The maximum atomic E-state index is 13.4.